The van der Waals surface area contributed by atoms with Crippen LogP contribution in [0.25, 0.3) is 11.1 Å². The summed E-state index contributed by atoms with van der Waals surface area (Å²) in [6.45, 7) is 0.898. The fourth-order valence-electron chi connectivity index (χ4n) is 1.67. The lowest BCUT2D eigenvalue weighted by molar-refractivity contribution is 0.140. The lowest BCUT2D eigenvalue weighted by Gasteiger charge is -2.06. The molecule has 0 fully saturated rings. The minimum atomic E-state index is -0.539. The van der Waals surface area contributed by atoms with Crippen molar-refractivity contribution in [1.29, 1.82) is 0 Å². The van der Waals surface area contributed by atoms with E-state index >= 15 is 0 Å². The van der Waals surface area contributed by atoms with Crippen LogP contribution in [0.1, 0.15) is 24.7 Å². The van der Waals surface area contributed by atoms with E-state index < -0.39 is 6.10 Å². The van der Waals surface area contributed by atoms with Gasteiger partial charge in [0.15, 0.2) is 5.58 Å². The van der Waals surface area contributed by atoms with Crippen LogP contribution in [0, 0.1) is 0 Å². The zero-order chi connectivity index (χ0) is 11.4. The summed E-state index contributed by atoms with van der Waals surface area (Å²) in [7, 11) is 1.90. The Kier molecular flexibility index (Phi) is 3.54. The van der Waals surface area contributed by atoms with Gasteiger partial charge in [-0.15, -0.1) is 0 Å². The zero-order valence-electron chi connectivity index (χ0n) is 9.31. The molecule has 0 aliphatic rings. The molecule has 0 amide bonds. The van der Waals surface area contributed by atoms with Crippen molar-refractivity contribution < 1.29 is 9.52 Å². The molecule has 0 aliphatic heterocycles. The second-order valence-corrected chi connectivity index (χ2v) is 3.80. The standard InChI is InChI=1S/C12H16N2O2/c1-13-6-2-4-10(15)12-8-9-11(16-12)5-3-7-14-9/h3,5,7-8,10,13,15H,2,4,6H2,1H3. The molecule has 0 bridgehead atoms. The van der Waals surface area contributed by atoms with Crippen molar-refractivity contribution >= 4 is 11.1 Å². The van der Waals surface area contributed by atoms with Crippen molar-refractivity contribution in [2.75, 3.05) is 13.6 Å². The van der Waals surface area contributed by atoms with Crippen LogP contribution in [0.2, 0.25) is 0 Å². The topological polar surface area (TPSA) is 58.3 Å². The lowest BCUT2D eigenvalue weighted by Crippen LogP contribution is -2.09. The molecular weight excluding hydrogens is 204 g/mol. The van der Waals surface area contributed by atoms with Gasteiger partial charge in [0.2, 0.25) is 0 Å². The van der Waals surface area contributed by atoms with Crippen LogP contribution in [0.4, 0.5) is 0 Å². The molecule has 16 heavy (non-hydrogen) atoms. The molecule has 1 atom stereocenters. The smallest absolute Gasteiger partial charge is 0.152 e. The SMILES string of the molecule is CNCCCC(O)c1cc2ncccc2o1. The summed E-state index contributed by atoms with van der Waals surface area (Å²) in [4.78, 5) is 4.16. The molecule has 4 heteroatoms. The quantitative estimate of drug-likeness (QED) is 0.755. The van der Waals surface area contributed by atoms with Gasteiger partial charge in [-0.1, -0.05) is 0 Å². The Bertz CT molecular complexity index is 420. The fourth-order valence-corrected chi connectivity index (χ4v) is 1.67. The molecule has 2 aromatic heterocycles. The molecule has 0 aliphatic carbocycles. The van der Waals surface area contributed by atoms with Crippen molar-refractivity contribution in [3.8, 4) is 0 Å². The van der Waals surface area contributed by atoms with E-state index in [-0.39, 0.29) is 0 Å². The number of hydrogen-bond donors (Lipinski definition) is 2. The van der Waals surface area contributed by atoms with E-state index in [9.17, 15) is 5.11 Å². The summed E-state index contributed by atoms with van der Waals surface area (Å²) >= 11 is 0. The van der Waals surface area contributed by atoms with Crippen LogP contribution in [0.3, 0.4) is 0 Å². The van der Waals surface area contributed by atoms with Crippen molar-refractivity contribution in [2.45, 2.75) is 18.9 Å². The first-order valence-electron chi connectivity index (χ1n) is 5.48. The van der Waals surface area contributed by atoms with E-state index in [1.807, 2.05) is 19.2 Å². The maximum atomic E-state index is 9.90. The maximum absolute atomic E-state index is 9.90. The van der Waals surface area contributed by atoms with Gasteiger partial charge in [0, 0.05) is 12.3 Å². The average molecular weight is 220 g/mol. The van der Waals surface area contributed by atoms with Crippen LogP contribution >= 0.6 is 0 Å². The van der Waals surface area contributed by atoms with E-state index in [2.05, 4.69) is 10.3 Å². The van der Waals surface area contributed by atoms with E-state index in [1.165, 1.54) is 0 Å². The first-order chi connectivity index (χ1) is 7.81. The molecule has 0 radical (unpaired) electrons. The molecule has 2 rings (SSSR count). The summed E-state index contributed by atoms with van der Waals surface area (Å²) in [5.74, 6) is 0.602. The molecule has 0 saturated heterocycles. The number of aliphatic hydroxyl groups excluding tert-OH is 1. The lowest BCUT2D eigenvalue weighted by atomic mass is 10.1. The zero-order valence-corrected chi connectivity index (χ0v) is 9.31. The molecule has 0 aromatic carbocycles. The molecule has 86 valence electrons. The third-order valence-electron chi connectivity index (χ3n) is 2.54. The van der Waals surface area contributed by atoms with Crippen LogP contribution in [-0.4, -0.2) is 23.7 Å². The van der Waals surface area contributed by atoms with Gasteiger partial charge in [0.25, 0.3) is 0 Å². The molecular formula is C12H16N2O2. The predicted octanol–water partition coefficient (Wildman–Crippen LogP) is 1.86. The largest absolute Gasteiger partial charge is 0.457 e. The number of aromatic nitrogens is 1. The Morgan fingerprint density at radius 1 is 1.56 bits per heavy atom. The molecule has 0 spiro atoms. The van der Waals surface area contributed by atoms with Gasteiger partial charge < -0.3 is 14.8 Å². The van der Waals surface area contributed by atoms with Crippen molar-refractivity contribution in [3.63, 3.8) is 0 Å². The highest BCUT2D eigenvalue weighted by atomic mass is 16.4. The number of pyridine rings is 1. The number of nitrogens with one attached hydrogen (secondary N) is 1. The number of nitrogens with zero attached hydrogens (tertiary/aromatic N) is 1. The maximum Gasteiger partial charge on any atom is 0.152 e. The fraction of sp³-hybridized carbons (Fsp3) is 0.417. The molecule has 4 nitrogen and oxygen atoms in total. The number of hydrogen-bond acceptors (Lipinski definition) is 4. The van der Waals surface area contributed by atoms with Crippen LogP contribution in [0.15, 0.2) is 28.8 Å². The van der Waals surface area contributed by atoms with Crippen LogP contribution in [-0.2, 0) is 0 Å². The summed E-state index contributed by atoms with van der Waals surface area (Å²) in [6, 6.07) is 5.48. The van der Waals surface area contributed by atoms with Crippen molar-refractivity contribution in [3.05, 3.63) is 30.2 Å². The van der Waals surface area contributed by atoms with Crippen molar-refractivity contribution in [2.24, 2.45) is 0 Å². The molecule has 2 heterocycles. The highest BCUT2D eigenvalue weighted by molar-refractivity contribution is 5.72. The summed E-state index contributed by atoms with van der Waals surface area (Å²) < 4.78 is 5.53. The Balaban J connectivity index is 2.07. The van der Waals surface area contributed by atoms with Crippen LogP contribution < -0.4 is 5.32 Å². The Labute approximate surface area is 94.3 Å². The average Bonchev–Trinajstić information content (AvgIpc) is 2.73. The third-order valence-corrected chi connectivity index (χ3v) is 2.54. The second kappa shape index (κ2) is 5.09. The van der Waals surface area contributed by atoms with Gasteiger partial charge in [-0.25, -0.2) is 0 Å². The third kappa shape index (κ3) is 2.40. The van der Waals surface area contributed by atoms with Gasteiger partial charge in [-0.3, -0.25) is 4.98 Å². The van der Waals surface area contributed by atoms with E-state index in [1.54, 1.807) is 12.3 Å². The van der Waals surface area contributed by atoms with Gasteiger partial charge in [-0.05, 0) is 38.6 Å². The normalized spacial score (nSPS) is 13.1. The number of fused-ring (bicyclic) bond motifs is 1. The summed E-state index contributed by atoms with van der Waals surface area (Å²) in [5, 5.41) is 12.9. The summed E-state index contributed by atoms with van der Waals surface area (Å²) in [5.41, 5.74) is 1.52. The number of furan rings is 1. The number of rotatable bonds is 5. The second-order valence-electron chi connectivity index (χ2n) is 3.80. The van der Waals surface area contributed by atoms with E-state index in [0.29, 0.717) is 12.2 Å². The molecule has 0 saturated carbocycles. The number of aliphatic hydroxyl groups is 1. The van der Waals surface area contributed by atoms with Crippen LogP contribution in [0.5, 0.6) is 0 Å². The monoisotopic (exact) mass is 220 g/mol. The predicted molar refractivity (Wildman–Crippen MR) is 62.1 cm³/mol. The summed E-state index contributed by atoms with van der Waals surface area (Å²) in [6.07, 6.45) is 2.79. The van der Waals surface area contributed by atoms with Gasteiger partial charge in [0.05, 0.1) is 0 Å². The molecule has 1 unspecified atom stereocenters. The van der Waals surface area contributed by atoms with Gasteiger partial charge >= 0.3 is 0 Å². The first kappa shape index (κ1) is 11.1. The van der Waals surface area contributed by atoms with Crippen molar-refractivity contribution in [1.82, 2.24) is 10.3 Å². The highest BCUT2D eigenvalue weighted by Crippen LogP contribution is 2.24. The first-order valence-corrected chi connectivity index (χ1v) is 5.48. The molecule has 2 aromatic rings. The Hall–Kier alpha value is -1.39. The Morgan fingerprint density at radius 3 is 3.19 bits per heavy atom. The van der Waals surface area contributed by atoms with E-state index in [4.69, 9.17) is 4.42 Å². The van der Waals surface area contributed by atoms with E-state index in [0.717, 1.165) is 24.1 Å². The minimum absolute atomic E-state index is 0.539. The highest BCUT2D eigenvalue weighted by Gasteiger charge is 2.13. The Morgan fingerprint density at radius 2 is 2.44 bits per heavy atom. The minimum Gasteiger partial charge on any atom is -0.457 e. The molecule has 2 N–H and O–H groups in total. The van der Waals surface area contributed by atoms with Gasteiger partial charge in [0.1, 0.15) is 17.4 Å². The van der Waals surface area contributed by atoms with Gasteiger partial charge in [-0.2, -0.15) is 0 Å².